The van der Waals surface area contributed by atoms with Crippen molar-refractivity contribution in [1.82, 2.24) is 4.90 Å². The number of halogens is 1. The highest BCUT2D eigenvalue weighted by Crippen LogP contribution is 2.28. The normalized spacial score (nSPS) is 13.8. The van der Waals surface area contributed by atoms with Crippen molar-refractivity contribution in [2.24, 2.45) is 0 Å². The molecule has 0 radical (unpaired) electrons. The molecule has 2 aromatic carbocycles. The molecule has 1 aliphatic heterocycles. The van der Waals surface area contributed by atoms with Crippen molar-refractivity contribution in [2.45, 2.75) is 19.4 Å². The Bertz CT molecular complexity index is 818. The smallest absolute Gasteiger partial charge is 0.255 e. The topological polar surface area (TPSA) is 52.7 Å². The first-order valence-corrected chi connectivity index (χ1v) is 8.97. The van der Waals surface area contributed by atoms with E-state index in [9.17, 15) is 9.59 Å². The Labute approximate surface area is 158 Å². The Hall–Kier alpha value is -2.53. The molecule has 0 spiro atoms. The SMILES string of the molecule is CN(C)c1ccc(Cl)cc1NC(=O)c1ccc(CN2CCCC2=O)cc1. The summed E-state index contributed by atoms with van der Waals surface area (Å²) < 4.78 is 0. The molecule has 1 aliphatic rings. The number of anilines is 2. The Kier molecular flexibility index (Phi) is 5.47. The number of nitrogens with one attached hydrogen (secondary N) is 1. The lowest BCUT2D eigenvalue weighted by atomic mass is 10.1. The van der Waals surface area contributed by atoms with E-state index in [2.05, 4.69) is 5.32 Å². The summed E-state index contributed by atoms with van der Waals surface area (Å²) in [4.78, 5) is 28.1. The second kappa shape index (κ2) is 7.79. The van der Waals surface area contributed by atoms with Gasteiger partial charge in [0.15, 0.2) is 0 Å². The van der Waals surface area contributed by atoms with E-state index in [0.717, 1.165) is 24.2 Å². The molecule has 1 saturated heterocycles. The van der Waals surface area contributed by atoms with Gasteiger partial charge in [0.05, 0.1) is 11.4 Å². The molecule has 3 rings (SSSR count). The van der Waals surface area contributed by atoms with Crippen LogP contribution in [0.3, 0.4) is 0 Å². The van der Waals surface area contributed by atoms with Gasteiger partial charge in [0.1, 0.15) is 0 Å². The Morgan fingerprint density at radius 1 is 1.19 bits per heavy atom. The van der Waals surface area contributed by atoms with Crippen LogP contribution in [0.15, 0.2) is 42.5 Å². The zero-order chi connectivity index (χ0) is 18.7. The van der Waals surface area contributed by atoms with Crippen LogP contribution in [0.2, 0.25) is 5.02 Å². The standard InChI is InChI=1S/C20H22ClN3O2/c1-23(2)18-10-9-16(21)12-17(18)22-20(26)15-7-5-14(6-8-15)13-24-11-3-4-19(24)25/h5-10,12H,3-4,11,13H2,1-2H3,(H,22,26). The van der Waals surface area contributed by atoms with Crippen molar-refractivity contribution < 1.29 is 9.59 Å². The first kappa shape index (κ1) is 18.3. The van der Waals surface area contributed by atoms with Gasteiger partial charge in [-0.1, -0.05) is 23.7 Å². The number of carbonyl (C=O) groups excluding carboxylic acids is 2. The molecule has 0 unspecified atom stereocenters. The monoisotopic (exact) mass is 371 g/mol. The molecule has 2 aromatic rings. The molecule has 0 atom stereocenters. The molecule has 0 aliphatic carbocycles. The molecule has 1 fully saturated rings. The summed E-state index contributed by atoms with van der Waals surface area (Å²) in [5.74, 6) is 0.00292. The van der Waals surface area contributed by atoms with Crippen LogP contribution in [0.1, 0.15) is 28.8 Å². The van der Waals surface area contributed by atoms with Gasteiger partial charge in [-0.15, -0.1) is 0 Å². The van der Waals surface area contributed by atoms with E-state index < -0.39 is 0 Å². The molecule has 0 saturated carbocycles. The summed E-state index contributed by atoms with van der Waals surface area (Å²) in [7, 11) is 3.82. The van der Waals surface area contributed by atoms with Crippen molar-refractivity contribution >= 4 is 34.8 Å². The Morgan fingerprint density at radius 2 is 1.92 bits per heavy atom. The van der Waals surface area contributed by atoms with Crippen LogP contribution in [-0.2, 0) is 11.3 Å². The van der Waals surface area contributed by atoms with Crippen LogP contribution >= 0.6 is 11.6 Å². The maximum absolute atomic E-state index is 12.6. The predicted octanol–water partition coefficient (Wildman–Crippen LogP) is 3.78. The van der Waals surface area contributed by atoms with E-state index in [-0.39, 0.29) is 11.8 Å². The molecular formula is C20H22ClN3O2. The molecule has 0 bridgehead atoms. The predicted molar refractivity (Wildman–Crippen MR) is 105 cm³/mol. The van der Waals surface area contributed by atoms with Gasteiger partial charge >= 0.3 is 0 Å². The van der Waals surface area contributed by atoms with Gasteiger partial charge in [-0.2, -0.15) is 0 Å². The van der Waals surface area contributed by atoms with E-state index >= 15 is 0 Å². The van der Waals surface area contributed by atoms with E-state index in [0.29, 0.717) is 29.2 Å². The van der Waals surface area contributed by atoms with E-state index in [1.165, 1.54) is 0 Å². The van der Waals surface area contributed by atoms with Gasteiger partial charge in [-0.3, -0.25) is 9.59 Å². The van der Waals surface area contributed by atoms with Crippen molar-refractivity contribution in [2.75, 3.05) is 30.9 Å². The third kappa shape index (κ3) is 4.17. The zero-order valence-electron chi connectivity index (χ0n) is 15.0. The molecular weight excluding hydrogens is 350 g/mol. The minimum Gasteiger partial charge on any atom is -0.376 e. The number of nitrogens with zero attached hydrogens (tertiary/aromatic N) is 2. The number of rotatable bonds is 5. The number of hydrogen-bond acceptors (Lipinski definition) is 3. The summed E-state index contributed by atoms with van der Waals surface area (Å²) in [6.45, 7) is 1.41. The fourth-order valence-electron chi connectivity index (χ4n) is 3.05. The molecule has 6 heteroatoms. The Balaban J connectivity index is 1.71. The molecule has 136 valence electrons. The van der Waals surface area contributed by atoms with Crippen LogP contribution < -0.4 is 10.2 Å². The van der Waals surface area contributed by atoms with E-state index in [1.807, 2.05) is 42.1 Å². The minimum atomic E-state index is -0.195. The molecule has 26 heavy (non-hydrogen) atoms. The average molecular weight is 372 g/mol. The lowest BCUT2D eigenvalue weighted by molar-refractivity contribution is -0.128. The first-order chi connectivity index (χ1) is 12.4. The zero-order valence-corrected chi connectivity index (χ0v) is 15.7. The summed E-state index contributed by atoms with van der Waals surface area (Å²) in [5.41, 5.74) is 3.13. The largest absolute Gasteiger partial charge is 0.376 e. The quantitative estimate of drug-likeness (QED) is 0.870. The average Bonchev–Trinajstić information content (AvgIpc) is 3.00. The van der Waals surface area contributed by atoms with E-state index in [4.69, 9.17) is 11.6 Å². The van der Waals surface area contributed by atoms with Gasteiger partial charge < -0.3 is 15.1 Å². The lowest BCUT2D eigenvalue weighted by Gasteiger charge is -2.18. The molecule has 5 nitrogen and oxygen atoms in total. The third-order valence-corrected chi connectivity index (χ3v) is 4.68. The van der Waals surface area contributed by atoms with Crippen LogP contribution in [0.25, 0.3) is 0 Å². The minimum absolute atomic E-state index is 0.195. The van der Waals surface area contributed by atoms with Gasteiger partial charge in [-0.25, -0.2) is 0 Å². The highest BCUT2D eigenvalue weighted by atomic mass is 35.5. The van der Waals surface area contributed by atoms with Gasteiger partial charge in [0, 0.05) is 44.2 Å². The highest BCUT2D eigenvalue weighted by molar-refractivity contribution is 6.31. The number of likely N-dealkylation sites (tertiary alicyclic amines) is 1. The highest BCUT2D eigenvalue weighted by Gasteiger charge is 2.20. The Morgan fingerprint density at radius 3 is 2.54 bits per heavy atom. The van der Waals surface area contributed by atoms with Crippen LogP contribution in [0, 0.1) is 0 Å². The lowest BCUT2D eigenvalue weighted by Crippen LogP contribution is -2.23. The van der Waals surface area contributed by atoms with E-state index in [1.54, 1.807) is 24.3 Å². The fraction of sp³-hybridized carbons (Fsp3) is 0.300. The molecule has 2 amide bonds. The van der Waals surface area contributed by atoms with Crippen molar-refractivity contribution in [3.63, 3.8) is 0 Å². The van der Waals surface area contributed by atoms with Crippen LogP contribution in [0.4, 0.5) is 11.4 Å². The summed E-state index contributed by atoms with van der Waals surface area (Å²) in [6.07, 6.45) is 1.56. The maximum atomic E-state index is 12.6. The number of carbonyl (C=O) groups is 2. The molecule has 1 N–H and O–H groups in total. The van der Waals surface area contributed by atoms with Crippen molar-refractivity contribution in [3.05, 3.63) is 58.6 Å². The number of hydrogen-bond donors (Lipinski definition) is 1. The summed E-state index contributed by atoms with van der Waals surface area (Å²) in [5, 5.41) is 3.49. The second-order valence-electron chi connectivity index (χ2n) is 6.63. The summed E-state index contributed by atoms with van der Waals surface area (Å²) >= 11 is 6.06. The van der Waals surface area contributed by atoms with Gasteiger partial charge in [0.25, 0.3) is 5.91 Å². The van der Waals surface area contributed by atoms with Crippen molar-refractivity contribution in [3.8, 4) is 0 Å². The third-order valence-electron chi connectivity index (χ3n) is 4.45. The van der Waals surface area contributed by atoms with Gasteiger partial charge in [0.2, 0.25) is 5.91 Å². The van der Waals surface area contributed by atoms with Crippen molar-refractivity contribution in [1.29, 1.82) is 0 Å². The molecule has 1 heterocycles. The number of benzene rings is 2. The number of amides is 2. The summed E-state index contributed by atoms with van der Waals surface area (Å²) in [6, 6.07) is 12.8. The first-order valence-electron chi connectivity index (χ1n) is 8.59. The fourth-order valence-corrected chi connectivity index (χ4v) is 3.22. The van der Waals surface area contributed by atoms with Gasteiger partial charge in [-0.05, 0) is 42.3 Å². The second-order valence-corrected chi connectivity index (χ2v) is 7.06. The maximum Gasteiger partial charge on any atom is 0.255 e. The molecule has 0 aromatic heterocycles. The van der Waals surface area contributed by atoms with Crippen LogP contribution in [0.5, 0.6) is 0 Å². The van der Waals surface area contributed by atoms with Crippen LogP contribution in [-0.4, -0.2) is 37.4 Å².